The molecule has 0 aliphatic carbocycles. The highest BCUT2D eigenvalue weighted by molar-refractivity contribution is 7.80. The number of aliphatic hydroxyl groups is 1. The molecule has 0 radical (unpaired) electrons. The zero-order valence-electron chi connectivity index (χ0n) is 17.6. The molecule has 30 heavy (non-hydrogen) atoms. The summed E-state index contributed by atoms with van der Waals surface area (Å²) >= 11 is 3.86. The standard InChI is InChI=1S/C18H35N5O6S/c1-9(2)13(20)16(26)21-11(6-4-5-7-19)15(25)23-14(10(3)24)17(27)22-12(8-30)18(28)29/h9-14,24,30H,4-8,19-20H2,1-3H3,(H,21,26)(H,22,27)(H,23,25)(H,28,29). The Kier molecular flexibility index (Phi) is 13.3. The molecule has 12 heteroatoms. The second-order valence-corrected chi connectivity index (χ2v) is 7.79. The Morgan fingerprint density at radius 2 is 1.50 bits per heavy atom. The van der Waals surface area contributed by atoms with Crippen molar-refractivity contribution in [3.05, 3.63) is 0 Å². The fourth-order valence-corrected chi connectivity index (χ4v) is 2.69. The number of carbonyl (C=O) groups is 4. The van der Waals surface area contributed by atoms with E-state index in [0.29, 0.717) is 19.4 Å². The monoisotopic (exact) mass is 449 g/mol. The van der Waals surface area contributed by atoms with E-state index in [-0.39, 0.29) is 18.1 Å². The highest BCUT2D eigenvalue weighted by atomic mass is 32.1. The molecule has 0 aromatic rings. The maximum absolute atomic E-state index is 12.8. The molecule has 174 valence electrons. The maximum atomic E-state index is 12.8. The van der Waals surface area contributed by atoms with Gasteiger partial charge < -0.3 is 37.6 Å². The Morgan fingerprint density at radius 3 is 1.93 bits per heavy atom. The number of carbonyl (C=O) groups excluding carboxylic acids is 3. The summed E-state index contributed by atoms with van der Waals surface area (Å²) in [4.78, 5) is 48.5. The lowest BCUT2D eigenvalue weighted by Gasteiger charge is -2.26. The van der Waals surface area contributed by atoms with Gasteiger partial charge in [-0.25, -0.2) is 4.79 Å². The average Bonchev–Trinajstić information content (AvgIpc) is 2.67. The third kappa shape index (κ3) is 9.74. The minimum absolute atomic E-state index is 0.150. The Hall–Kier alpha value is -1.89. The normalized spacial score (nSPS) is 16.1. The van der Waals surface area contributed by atoms with Crippen LogP contribution in [0.3, 0.4) is 0 Å². The Bertz CT molecular complexity index is 589. The molecule has 5 atom stereocenters. The molecule has 0 saturated carbocycles. The molecule has 0 rings (SSSR count). The summed E-state index contributed by atoms with van der Waals surface area (Å²) in [6, 6.07) is -4.53. The van der Waals surface area contributed by atoms with Crippen molar-refractivity contribution < 1.29 is 29.4 Å². The van der Waals surface area contributed by atoms with E-state index in [9.17, 15) is 24.3 Å². The van der Waals surface area contributed by atoms with E-state index >= 15 is 0 Å². The van der Waals surface area contributed by atoms with Gasteiger partial charge in [0.25, 0.3) is 0 Å². The SMILES string of the molecule is CC(C)C(N)C(=O)NC(CCCCN)C(=O)NC(C(=O)NC(CS)C(=O)O)C(C)O. The zero-order valence-corrected chi connectivity index (χ0v) is 18.5. The van der Waals surface area contributed by atoms with Crippen molar-refractivity contribution in [3.8, 4) is 0 Å². The third-order valence-electron chi connectivity index (χ3n) is 4.46. The van der Waals surface area contributed by atoms with Crippen molar-refractivity contribution in [3.63, 3.8) is 0 Å². The summed E-state index contributed by atoms with van der Waals surface area (Å²) in [7, 11) is 0. The van der Waals surface area contributed by atoms with Gasteiger partial charge in [-0.15, -0.1) is 0 Å². The minimum Gasteiger partial charge on any atom is -0.480 e. The van der Waals surface area contributed by atoms with Gasteiger partial charge in [0.05, 0.1) is 12.1 Å². The molecule has 0 aromatic heterocycles. The summed E-state index contributed by atoms with van der Waals surface area (Å²) in [6.07, 6.45) is 0.0974. The molecule has 5 unspecified atom stereocenters. The van der Waals surface area contributed by atoms with Gasteiger partial charge in [0.2, 0.25) is 17.7 Å². The van der Waals surface area contributed by atoms with Gasteiger partial charge in [0.1, 0.15) is 18.1 Å². The van der Waals surface area contributed by atoms with Crippen LogP contribution >= 0.6 is 12.6 Å². The van der Waals surface area contributed by atoms with E-state index in [4.69, 9.17) is 16.6 Å². The first-order chi connectivity index (χ1) is 14.0. The number of aliphatic hydroxyl groups excluding tert-OH is 1. The van der Waals surface area contributed by atoms with Crippen LogP contribution in [-0.4, -0.2) is 76.5 Å². The van der Waals surface area contributed by atoms with E-state index in [0.717, 1.165) is 0 Å². The van der Waals surface area contributed by atoms with Gasteiger partial charge in [-0.05, 0) is 38.6 Å². The van der Waals surface area contributed by atoms with Gasteiger partial charge in [-0.3, -0.25) is 14.4 Å². The number of thiol groups is 1. The van der Waals surface area contributed by atoms with Crippen LogP contribution in [0.25, 0.3) is 0 Å². The van der Waals surface area contributed by atoms with Gasteiger partial charge in [0.15, 0.2) is 0 Å². The zero-order chi connectivity index (χ0) is 23.4. The van der Waals surface area contributed by atoms with Crippen molar-refractivity contribution in [1.29, 1.82) is 0 Å². The molecule has 11 nitrogen and oxygen atoms in total. The number of nitrogens with two attached hydrogens (primary N) is 2. The lowest BCUT2D eigenvalue weighted by molar-refractivity contribution is -0.142. The van der Waals surface area contributed by atoms with Gasteiger partial charge in [-0.1, -0.05) is 13.8 Å². The first-order valence-corrected chi connectivity index (χ1v) is 10.5. The largest absolute Gasteiger partial charge is 0.480 e. The lowest BCUT2D eigenvalue weighted by atomic mass is 10.0. The van der Waals surface area contributed by atoms with Crippen LogP contribution in [0.2, 0.25) is 0 Å². The molecular formula is C18H35N5O6S. The predicted octanol–water partition coefficient (Wildman–Crippen LogP) is -2.05. The van der Waals surface area contributed by atoms with Crippen molar-refractivity contribution in [2.24, 2.45) is 17.4 Å². The van der Waals surface area contributed by atoms with Gasteiger partial charge >= 0.3 is 5.97 Å². The molecule has 0 aromatic carbocycles. The molecule has 0 fully saturated rings. The van der Waals surface area contributed by atoms with Gasteiger partial charge in [-0.2, -0.15) is 12.6 Å². The Labute approximate surface area is 182 Å². The number of aliphatic carboxylic acids is 1. The Balaban J connectivity index is 5.34. The quantitative estimate of drug-likeness (QED) is 0.109. The topological polar surface area (TPSA) is 197 Å². The van der Waals surface area contributed by atoms with Crippen LogP contribution in [0.5, 0.6) is 0 Å². The highest BCUT2D eigenvalue weighted by Gasteiger charge is 2.32. The molecule has 0 aliphatic rings. The van der Waals surface area contributed by atoms with Crippen LogP contribution < -0.4 is 27.4 Å². The average molecular weight is 450 g/mol. The molecular weight excluding hydrogens is 414 g/mol. The summed E-state index contributed by atoms with van der Waals surface area (Å²) < 4.78 is 0. The van der Waals surface area contributed by atoms with Gasteiger partial charge in [0, 0.05) is 5.75 Å². The number of carboxylic acids is 1. The fourth-order valence-electron chi connectivity index (χ4n) is 2.44. The number of rotatable bonds is 14. The highest BCUT2D eigenvalue weighted by Crippen LogP contribution is 2.06. The molecule has 9 N–H and O–H groups in total. The first kappa shape index (κ1) is 28.1. The number of carboxylic acid groups (broad SMARTS) is 1. The summed E-state index contributed by atoms with van der Waals surface area (Å²) in [5.41, 5.74) is 11.3. The predicted molar refractivity (Wildman–Crippen MR) is 115 cm³/mol. The summed E-state index contributed by atoms with van der Waals surface area (Å²) in [5, 5.41) is 26.1. The third-order valence-corrected chi connectivity index (χ3v) is 4.83. The van der Waals surface area contributed by atoms with E-state index in [1.54, 1.807) is 13.8 Å². The molecule has 0 heterocycles. The second-order valence-electron chi connectivity index (χ2n) is 7.42. The van der Waals surface area contributed by atoms with Crippen molar-refractivity contribution in [1.82, 2.24) is 16.0 Å². The van der Waals surface area contributed by atoms with Crippen LogP contribution in [0, 0.1) is 5.92 Å². The Morgan fingerprint density at radius 1 is 0.933 bits per heavy atom. The van der Waals surface area contributed by atoms with E-state index in [1.165, 1.54) is 6.92 Å². The summed E-state index contributed by atoms with van der Waals surface area (Å²) in [6.45, 7) is 5.22. The molecule has 0 aliphatic heterocycles. The van der Waals surface area contributed by atoms with Crippen LogP contribution in [0.1, 0.15) is 40.0 Å². The smallest absolute Gasteiger partial charge is 0.327 e. The second kappa shape index (κ2) is 14.2. The van der Waals surface area contributed by atoms with Crippen molar-refractivity contribution in [2.75, 3.05) is 12.3 Å². The number of unbranched alkanes of at least 4 members (excludes halogenated alkanes) is 1. The maximum Gasteiger partial charge on any atom is 0.327 e. The summed E-state index contributed by atoms with van der Waals surface area (Å²) in [5.74, 6) is -3.73. The molecule has 0 spiro atoms. The molecule has 0 saturated heterocycles. The minimum atomic E-state index is -1.42. The van der Waals surface area contributed by atoms with Crippen LogP contribution in [0.15, 0.2) is 0 Å². The number of hydrogen-bond acceptors (Lipinski definition) is 8. The number of hydrogen-bond donors (Lipinski definition) is 8. The number of nitrogens with one attached hydrogen (secondary N) is 3. The van der Waals surface area contributed by atoms with Crippen LogP contribution in [0.4, 0.5) is 0 Å². The van der Waals surface area contributed by atoms with Crippen molar-refractivity contribution in [2.45, 2.75) is 70.3 Å². The van der Waals surface area contributed by atoms with E-state index in [2.05, 4.69) is 28.6 Å². The number of amides is 3. The first-order valence-electron chi connectivity index (χ1n) is 9.84. The van der Waals surface area contributed by atoms with E-state index < -0.39 is 54.0 Å². The molecule has 0 bridgehead atoms. The van der Waals surface area contributed by atoms with Crippen LogP contribution in [-0.2, 0) is 19.2 Å². The van der Waals surface area contributed by atoms with Crippen molar-refractivity contribution >= 4 is 36.3 Å². The molecule has 3 amide bonds. The lowest BCUT2D eigenvalue weighted by Crippen LogP contribution is -2.60. The fraction of sp³-hybridized carbons (Fsp3) is 0.778. The van der Waals surface area contributed by atoms with E-state index in [1.807, 2.05) is 0 Å².